The van der Waals surface area contributed by atoms with Gasteiger partial charge >= 0.3 is 0 Å². The molecule has 0 bridgehead atoms. The predicted octanol–water partition coefficient (Wildman–Crippen LogP) is 1.85. The lowest BCUT2D eigenvalue weighted by Crippen LogP contribution is -2.42. The van der Waals surface area contributed by atoms with Gasteiger partial charge in [-0.05, 0) is 24.1 Å². The van der Waals surface area contributed by atoms with Crippen molar-refractivity contribution in [3.8, 4) is 0 Å². The fraction of sp³-hybridized carbons (Fsp3) is 0.611. The van der Waals surface area contributed by atoms with Crippen molar-refractivity contribution in [2.24, 2.45) is 5.41 Å². The molecule has 1 aromatic rings. The molecule has 0 unspecified atom stereocenters. The molecule has 0 radical (unpaired) electrons. The monoisotopic (exact) mass is 322 g/mol. The van der Waals surface area contributed by atoms with E-state index in [9.17, 15) is 15.0 Å². The Hall–Kier alpha value is -1.43. The summed E-state index contributed by atoms with van der Waals surface area (Å²) in [5.41, 5.74) is 1.25. The van der Waals surface area contributed by atoms with Crippen LogP contribution in [0.4, 0.5) is 5.69 Å². The van der Waals surface area contributed by atoms with Gasteiger partial charge in [-0.3, -0.25) is 9.69 Å². The molecule has 0 saturated carbocycles. The third-order valence-electron chi connectivity index (χ3n) is 3.84. The second-order valence-electron chi connectivity index (χ2n) is 7.64. The van der Waals surface area contributed by atoms with Crippen LogP contribution in [-0.2, 0) is 10.2 Å². The Morgan fingerprint density at radius 3 is 2.22 bits per heavy atom. The molecule has 1 rings (SSSR count). The average Bonchev–Trinajstić information content (AvgIpc) is 2.46. The van der Waals surface area contributed by atoms with Gasteiger partial charge in [0, 0.05) is 17.6 Å². The van der Waals surface area contributed by atoms with E-state index in [2.05, 4.69) is 26.1 Å². The van der Waals surface area contributed by atoms with E-state index >= 15 is 0 Å². The van der Waals surface area contributed by atoms with Gasteiger partial charge in [0.05, 0.1) is 19.8 Å². The van der Waals surface area contributed by atoms with Gasteiger partial charge in [0.1, 0.15) is 0 Å². The van der Waals surface area contributed by atoms with E-state index < -0.39 is 5.41 Å². The molecule has 0 atom stereocenters. The topological polar surface area (TPSA) is 72.8 Å². The van der Waals surface area contributed by atoms with Crippen molar-refractivity contribution in [3.05, 3.63) is 29.8 Å². The molecule has 5 nitrogen and oxygen atoms in total. The minimum atomic E-state index is -0.613. The molecular weight excluding hydrogens is 292 g/mol. The first-order chi connectivity index (χ1) is 10.6. The Morgan fingerprint density at radius 1 is 1.13 bits per heavy atom. The summed E-state index contributed by atoms with van der Waals surface area (Å²) < 4.78 is 0. The highest BCUT2D eigenvalue weighted by Crippen LogP contribution is 2.29. The van der Waals surface area contributed by atoms with Gasteiger partial charge in [-0.2, -0.15) is 0 Å². The van der Waals surface area contributed by atoms with Crippen LogP contribution in [-0.4, -0.2) is 54.4 Å². The van der Waals surface area contributed by atoms with Gasteiger partial charge in [0.15, 0.2) is 0 Å². The molecule has 23 heavy (non-hydrogen) atoms. The summed E-state index contributed by atoms with van der Waals surface area (Å²) in [6.07, 6.45) is 0. The molecule has 5 heteroatoms. The Morgan fingerprint density at radius 2 is 1.70 bits per heavy atom. The van der Waals surface area contributed by atoms with Crippen LogP contribution >= 0.6 is 0 Å². The average molecular weight is 322 g/mol. The number of carbonyl (C=O) groups excluding carboxylic acids is 1. The van der Waals surface area contributed by atoms with Crippen LogP contribution in [0.25, 0.3) is 0 Å². The van der Waals surface area contributed by atoms with Crippen LogP contribution in [0.2, 0.25) is 0 Å². The maximum atomic E-state index is 12.3. The Bertz CT molecular complexity index is 519. The van der Waals surface area contributed by atoms with Crippen LogP contribution in [0.3, 0.4) is 0 Å². The summed E-state index contributed by atoms with van der Waals surface area (Å²) in [6.45, 7) is 8.51. The number of aliphatic hydroxyl groups excluding tert-OH is 2. The van der Waals surface area contributed by atoms with E-state index in [1.807, 2.05) is 29.2 Å². The third kappa shape index (κ3) is 5.94. The highest BCUT2D eigenvalue weighted by Gasteiger charge is 2.25. The summed E-state index contributed by atoms with van der Waals surface area (Å²) in [5, 5.41) is 21.6. The number of hydrogen-bond donors (Lipinski definition) is 3. The minimum Gasteiger partial charge on any atom is -0.396 e. The van der Waals surface area contributed by atoms with Crippen LogP contribution in [0.5, 0.6) is 0 Å². The van der Waals surface area contributed by atoms with E-state index in [-0.39, 0.29) is 31.1 Å². The summed E-state index contributed by atoms with van der Waals surface area (Å²) >= 11 is 0. The van der Waals surface area contributed by atoms with Crippen molar-refractivity contribution >= 4 is 11.6 Å². The fourth-order valence-electron chi connectivity index (χ4n) is 2.54. The summed E-state index contributed by atoms with van der Waals surface area (Å²) in [5.74, 6) is -0.109. The van der Waals surface area contributed by atoms with Crippen LogP contribution < -0.4 is 5.32 Å². The molecule has 0 fully saturated rings. The lowest BCUT2D eigenvalue weighted by Gasteiger charge is -2.30. The SMILES string of the molecule is CN(CC(=O)Nc1ccccc1C(C)(C)C)CC(C)(CO)CO. The van der Waals surface area contributed by atoms with Gasteiger partial charge in [-0.25, -0.2) is 0 Å². The number of nitrogens with one attached hydrogen (secondary N) is 1. The van der Waals surface area contributed by atoms with E-state index in [4.69, 9.17) is 0 Å². The Kier molecular flexibility index (Phi) is 6.74. The first-order valence-corrected chi connectivity index (χ1v) is 7.91. The number of aliphatic hydroxyl groups is 2. The first-order valence-electron chi connectivity index (χ1n) is 7.91. The number of anilines is 1. The Labute approximate surface area is 139 Å². The summed E-state index contributed by atoms with van der Waals surface area (Å²) in [6, 6.07) is 7.80. The fourth-order valence-corrected chi connectivity index (χ4v) is 2.54. The van der Waals surface area contributed by atoms with Crippen LogP contribution in [0.1, 0.15) is 33.3 Å². The van der Waals surface area contributed by atoms with Crippen molar-refractivity contribution < 1.29 is 15.0 Å². The maximum absolute atomic E-state index is 12.3. The Balaban J connectivity index is 2.71. The van der Waals surface area contributed by atoms with Crippen molar-refractivity contribution in [3.63, 3.8) is 0 Å². The number of hydrogen-bond acceptors (Lipinski definition) is 4. The highest BCUT2D eigenvalue weighted by molar-refractivity contribution is 5.93. The number of likely N-dealkylation sites (N-methyl/N-ethyl adjacent to an activating group) is 1. The predicted molar refractivity (Wildman–Crippen MR) is 93.5 cm³/mol. The molecule has 0 aromatic heterocycles. The highest BCUT2D eigenvalue weighted by atomic mass is 16.3. The smallest absolute Gasteiger partial charge is 0.238 e. The zero-order valence-electron chi connectivity index (χ0n) is 14.9. The lowest BCUT2D eigenvalue weighted by molar-refractivity contribution is -0.117. The van der Waals surface area contributed by atoms with E-state index in [0.717, 1.165) is 11.3 Å². The lowest BCUT2D eigenvalue weighted by atomic mass is 9.86. The second-order valence-corrected chi connectivity index (χ2v) is 7.64. The van der Waals surface area contributed by atoms with Crippen LogP contribution in [0.15, 0.2) is 24.3 Å². The number of amides is 1. The molecular formula is C18H30N2O3. The van der Waals surface area contributed by atoms with Gasteiger partial charge in [0.25, 0.3) is 0 Å². The second kappa shape index (κ2) is 7.90. The third-order valence-corrected chi connectivity index (χ3v) is 3.84. The summed E-state index contributed by atoms with van der Waals surface area (Å²) in [7, 11) is 1.80. The zero-order valence-corrected chi connectivity index (χ0v) is 14.9. The number of para-hydroxylation sites is 1. The van der Waals surface area contributed by atoms with Crippen molar-refractivity contribution in [1.82, 2.24) is 4.90 Å². The molecule has 130 valence electrons. The molecule has 3 N–H and O–H groups in total. The molecule has 0 aliphatic carbocycles. The molecule has 0 aliphatic heterocycles. The van der Waals surface area contributed by atoms with E-state index in [1.165, 1.54) is 0 Å². The van der Waals surface area contributed by atoms with Crippen molar-refractivity contribution in [2.75, 3.05) is 38.7 Å². The molecule has 0 saturated heterocycles. The molecule has 1 amide bonds. The quantitative estimate of drug-likeness (QED) is 0.716. The standard InChI is InChI=1S/C18H30N2O3/c1-17(2,3)14-8-6-7-9-15(14)19-16(23)10-20(5)11-18(4,12-21)13-22/h6-9,21-22H,10-13H2,1-5H3,(H,19,23). The van der Waals surface area contributed by atoms with E-state index in [1.54, 1.807) is 14.0 Å². The van der Waals surface area contributed by atoms with Gasteiger partial charge in [0.2, 0.25) is 5.91 Å². The van der Waals surface area contributed by atoms with Crippen LogP contribution in [0, 0.1) is 5.41 Å². The number of benzene rings is 1. The number of rotatable bonds is 7. The van der Waals surface area contributed by atoms with E-state index in [0.29, 0.717) is 6.54 Å². The van der Waals surface area contributed by atoms with Crippen molar-refractivity contribution in [1.29, 1.82) is 0 Å². The molecule has 0 heterocycles. The summed E-state index contributed by atoms with van der Waals surface area (Å²) in [4.78, 5) is 14.1. The molecule has 1 aromatic carbocycles. The largest absolute Gasteiger partial charge is 0.396 e. The minimum absolute atomic E-state index is 0.0534. The molecule has 0 aliphatic rings. The zero-order chi connectivity index (χ0) is 17.7. The van der Waals surface area contributed by atoms with Crippen molar-refractivity contribution in [2.45, 2.75) is 33.1 Å². The first kappa shape index (κ1) is 19.6. The van der Waals surface area contributed by atoms with Gasteiger partial charge in [-0.15, -0.1) is 0 Å². The van der Waals surface area contributed by atoms with Gasteiger partial charge < -0.3 is 15.5 Å². The number of carbonyl (C=O) groups is 1. The number of nitrogens with zero attached hydrogens (tertiary/aromatic N) is 1. The maximum Gasteiger partial charge on any atom is 0.238 e. The van der Waals surface area contributed by atoms with Gasteiger partial charge in [-0.1, -0.05) is 45.9 Å². The molecule has 0 spiro atoms. The normalized spacial score (nSPS) is 12.5.